The lowest BCUT2D eigenvalue weighted by molar-refractivity contribution is 0.0513. The normalized spacial score (nSPS) is 14.6. The molecule has 1 aromatic heterocycles. The molecule has 1 aliphatic rings. The Kier molecular flexibility index (Phi) is 6.25. The van der Waals surface area contributed by atoms with Crippen LogP contribution in [0.4, 0.5) is 21.7 Å². The molecule has 1 saturated heterocycles. The first-order chi connectivity index (χ1) is 13.5. The van der Waals surface area contributed by atoms with Crippen LogP contribution in [0, 0.1) is 5.82 Å². The molecule has 2 heterocycles. The number of methoxy groups -OCH3 is 1. The van der Waals surface area contributed by atoms with Gasteiger partial charge in [0.15, 0.2) is 11.5 Å². The van der Waals surface area contributed by atoms with Gasteiger partial charge in [0.2, 0.25) is 5.95 Å². The van der Waals surface area contributed by atoms with Gasteiger partial charge in [0, 0.05) is 37.9 Å². The molecule has 0 bridgehead atoms. The van der Waals surface area contributed by atoms with Gasteiger partial charge in [-0.3, -0.25) is 0 Å². The highest BCUT2D eigenvalue weighted by Crippen LogP contribution is 2.31. The van der Waals surface area contributed by atoms with Gasteiger partial charge in [0.1, 0.15) is 5.75 Å². The zero-order valence-corrected chi connectivity index (χ0v) is 16.2. The summed E-state index contributed by atoms with van der Waals surface area (Å²) in [6.07, 6.45) is 0.937. The number of nitrogens with zero attached hydrogens (tertiary/aromatic N) is 4. The highest BCUT2D eigenvalue weighted by molar-refractivity contribution is 5.87. The van der Waals surface area contributed by atoms with Crippen LogP contribution < -0.4 is 15.0 Å². The lowest BCUT2D eigenvalue weighted by Gasteiger charge is -2.34. The molecule has 0 saturated carbocycles. The Balaban J connectivity index is 1.80. The summed E-state index contributed by atoms with van der Waals surface area (Å²) in [6.45, 7) is 5.66. The van der Waals surface area contributed by atoms with Crippen molar-refractivity contribution in [2.45, 2.75) is 6.92 Å². The van der Waals surface area contributed by atoms with Crippen LogP contribution in [-0.2, 0) is 4.74 Å². The third-order valence-corrected chi connectivity index (χ3v) is 4.51. The Bertz CT molecular complexity index is 840. The molecule has 0 radical (unpaired) electrons. The Labute approximate surface area is 163 Å². The number of esters is 1. The minimum absolute atomic E-state index is 0.0788. The largest absolute Gasteiger partial charge is 0.494 e. The van der Waals surface area contributed by atoms with Gasteiger partial charge in [-0.2, -0.15) is 0 Å². The number of hydrogen-bond acceptors (Lipinski definition) is 8. The number of likely N-dealkylation sites (N-methyl/N-ethyl adjacent to an activating group) is 1. The first kappa shape index (κ1) is 19.8. The van der Waals surface area contributed by atoms with Crippen molar-refractivity contribution in [3.63, 3.8) is 0 Å². The number of anilines is 3. The number of carbonyl (C=O) groups is 1. The molecule has 0 aliphatic carbocycles. The topological polar surface area (TPSA) is 79.8 Å². The van der Waals surface area contributed by atoms with Crippen molar-refractivity contribution >= 4 is 23.3 Å². The van der Waals surface area contributed by atoms with E-state index in [2.05, 4.69) is 32.1 Å². The summed E-state index contributed by atoms with van der Waals surface area (Å²) < 4.78 is 24.1. The summed E-state index contributed by atoms with van der Waals surface area (Å²) in [5.74, 6) is -0.985. The van der Waals surface area contributed by atoms with E-state index in [9.17, 15) is 9.18 Å². The van der Waals surface area contributed by atoms with Gasteiger partial charge in [-0.25, -0.2) is 19.2 Å². The van der Waals surface area contributed by atoms with Crippen molar-refractivity contribution in [3.8, 4) is 5.75 Å². The fourth-order valence-corrected chi connectivity index (χ4v) is 2.93. The van der Waals surface area contributed by atoms with E-state index in [-0.39, 0.29) is 12.6 Å². The number of halogens is 1. The predicted octanol–water partition coefficient (Wildman–Crippen LogP) is 2.30. The molecule has 150 valence electrons. The van der Waals surface area contributed by atoms with Gasteiger partial charge < -0.3 is 24.6 Å². The number of hydrogen-bond donors (Lipinski definition) is 1. The van der Waals surface area contributed by atoms with Crippen molar-refractivity contribution in [3.05, 3.63) is 35.9 Å². The molecule has 1 fully saturated rings. The molecule has 8 nitrogen and oxygen atoms in total. The van der Waals surface area contributed by atoms with E-state index in [1.54, 1.807) is 14.0 Å². The second kappa shape index (κ2) is 8.83. The molecule has 0 spiro atoms. The lowest BCUT2D eigenvalue weighted by atomic mass is 10.2. The summed E-state index contributed by atoms with van der Waals surface area (Å²) in [5, 5.41) is 2.98. The van der Waals surface area contributed by atoms with Crippen molar-refractivity contribution in [2.75, 3.05) is 57.2 Å². The Morgan fingerprint density at radius 1 is 1.29 bits per heavy atom. The summed E-state index contributed by atoms with van der Waals surface area (Å²) in [7, 11) is 3.68. The van der Waals surface area contributed by atoms with Crippen LogP contribution in [0.5, 0.6) is 5.75 Å². The average molecular weight is 389 g/mol. The molecule has 1 N–H and O–H groups in total. The standard InChI is InChI=1S/C19H24FN5O3/c1-4-28-18(26)17-14(20)12-21-19(23-17)22-15-6-5-13(11-16(15)27-3)25-9-7-24(2)8-10-25/h5-6,11-12H,4,7-10H2,1-3H3,(H,21,22,23). The van der Waals surface area contributed by atoms with E-state index >= 15 is 0 Å². The van der Waals surface area contributed by atoms with E-state index in [4.69, 9.17) is 9.47 Å². The fourth-order valence-electron chi connectivity index (χ4n) is 2.93. The first-order valence-electron chi connectivity index (χ1n) is 9.10. The van der Waals surface area contributed by atoms with E-state index in [0.717, 1.165) is 38.1 Å². The summed E-state index contributed by atoms with van der Waals surface area (Å²) in [6, 6.07) is 5.76. The summed E-state index contributed by atoms with van der Waals surface area (Å²) in [5.41, 5.74) is 1.26. The molecular weight excluding hydrogens is 365 g/mol. The molecule has 0 atom stereocenters. The third-order valence-electron chi connectivity index (χ3n) is 4.51. The molecular formula is C19H24FN5O3. The molecule has 0 unspecified atom stereocenters. The maximum Gasteiger partial charge on any atom is 0.360 e. The second-order valence-electron chi connectivity index (χ2n) is 6.41. The number of carbonyl (C=O) groups excluding carboxylic acids is 1. The zero-order valence-electron chi connectivity index (χ0n) is 16.2. The quantitative estimate of drug-likeness (QED) is 0.754. The molecule has 1 aromatic carbocycles. The molecule has 3 rings (SSSR count). The number of piperazine rings is 1. The van der Waals surface area contributed by atoms with E-state index in [0.29, 0.717) is 11.4 Å². The van der Waals surface area contributed by atoms with Crippen LogP contribution in [0.25, 0.3) is 0 Å². The van der Waals surface area contributed by atoms with Crippen molar-refractivity contribution in [1.29, 1.82) is 0 Å². The van der Waals surface area contributed by atoms with Crippen molar-refractivity contribution in [1.82, 2.24) is 14.9 Å². The SMILES string of the molecule is CCOC(=O)c1nc(Nc2ccc(N3CCN(C)CC3)cc2OC)ncc1F. The van der Waals surface area contributed by atoms with E-state index in [1.165, 1.54) is 0 Å². The van der Waals surface area contributed by atoms with Crippen LogP contribution in [0.15, 0.2) is 24.4 Å². The number of benzene rings is 1. The van der Waals surface area contributed by atoms with E-state index < -0.39 is 17.5 Å². The Hall–Kier alpha value is -2.94. The lowest BCUT2D eigenvalue weighted by Crippen LogP contribution is -2.44. The molecule has 9 heteroatoms. The van der Waals surface area contributed by atoms with E-state index in [1.807, 2.05) is 18.2 Å². The monoisotopic (exact) mass is 389 g/mol. The minimum atomic E-state index is -0.832. The van der Waals surface area contributed by atoms with Gasteiger partial charge in [-0.1, -0.05) is 0 Å². The van der Waals surface area contributed by atoms with Crippen LogP contribution in [0.2, 0.25) is 0 Å². The molecule has 0 amide bonds. The van der Waals surface area contributed by atoms with Gasteiger partial charge in [0.05, 0.1) is 25.6 Å². The van der Waals surface area contributed by atoms with Crippen LogP contribution >= 0.6 is 0 Å². The maximum atomic E-state index is 13.8. The van der Waals surface area contributed by atoms with Crippen LogP contribution in [0.1, 0.15) is 17.4 Å². The highest BCUT2D eigenvalue weighted by atomic mass is 19.1. The average Bonchev–Trinajstić information content (AvgIpc) is 2.70. The van der Waals surface area contributed by atoms with Gasteiger partial charge >= 0.3 is 5.97 Å². The fraction of sp³-hybridized carbons (Fsp3) is 0.421. The van der Waals surface area contributed by atoms with Gasteiger partial charge in [0.25, 0.3) is 0 Å². The molecule has 28 heavy (non-hydrogen) atoms. The smallest absolute Gasteiger partial charge is 0.360 e. The number of nitrogens with one attached hydrogen (secondary N) is 1. The predicted molar refractivity (Wildman–Crippen MR) is 104 cm³/mol. The Morgan fingerprint density at radius 3 is 2.71 bits per heavy atom. The zero-order chi connectivity index (χ0) is 20.1. The van der Waals surface area contributed by atoms with Gasteiger partial charge in [-0.05, 0) is 26.1 Å². The molecule has 2 aromatic rings. The molecule has 1 aliphatic heterocycles. The number of rotatable bonds is 6. The van der Waals surface area contributed by atoms with Crippen LogP contribution in [-0.4, -0.2) is 67.8 Å². The highest BCUT2D eigenvalue weighted by Gasteiger charge is 2.19. The van der Waals surface area contributed by atoms with Crippen molar-refractivity contribution in [2.24, 2.45) is 0 Å². The van der Waals surface area contributed by atoms with Crippen LogP contribution in [0.3, 0.4) is 0 Å². The minimum Gasteiger partial charge on any atom is -0.494 e. The van der Waals surface area contributed by atoms with Crippen molar-refractivity contribution < 1.29 is 18.7 Å². The van der Waals surface area contributed by atoms with Gasteiger partial charge in [-0.15, -0.1) is 0 Å². The first-order valence-corrected chi connectivity index (χ1v) is 9.10. The number of aromatic nitrogens is 2. The summed E-state index contributed by atoms with van der Waals surface area (Å²) >= 11 is 0. The third kappa shape index (κ3) is 4.48. The number of ether oxygens (including phenoxy) is 2. The maximum absolute atomic E-state index is 13.8. The Morgan fingerprint density at radius 2 is 2.04 bits per heavy atom. The second-order valence-corrected chi connectivity index (χ2v) is 6.41. The summed E-state index contributed by atoms with van der Waals surface area (Å²) in [4.78, 5) is 24.2.